The number of nitrogens with two attached hydrogens (primary N) is 1. The van der Waals surface area contributed by atoms with Crippen molar-refractivity contribution >= 4 is 5.91 Å². The van der Waals surface area contributed by atoms with Crippen LogP contribution in [-0.2, 0) is 4.79 Å². The Balaban J connectivity index is 1.75. The molecule has 2 fully saturated rings. The molecular weight excluding hydrogens is 240 g/mol. The van der Waals surface area contributed by atoms with Crippen molar-refractivity contribution < 1.29 is 4.79 Å². The first-order valence-electron chi connectivity index (χ1n) is 7.49. The highest BCUT2D eigenvalue weighted by molar-refractivity contribution is 5.80. The summed E-state index contributed by atoms with van der Waals surface area (Å²) in [6.45, 7) is 5.92. The monoisotopic (exact) mass is 268 g/mol. The topological polar surface area (TPSA) is 52.8 Å². The van der Waals surface area contributed by atoms with Gasteiger partial charge in [0.1, 0.15) is 0 Å². The van der Waals surface area contributed by atoms with Crippen LogP contribution < -0.4 is 5.73 Å². The molecule has 0 radical (unpaired) electrons. The van der Waals surface area contributed by atoms with Gasteiger partial charge in [-0.05, 0) is 26.9 Å². The maximum Gasteiger partial charge on any atom is 0.227 e. The van der Waals surface area contributed by atoms with Gasteiger partial charge in [-0.1, -0.05) is 6.42 Å². The van der Waals surface area contributed by atoms with E-state index in [-0.39, 0.29) is 12.0 Å². The van der Waals surface area contributed by atoms with E-state index in [0.29, 0.717) is 5.91 Å². The van der Waals surface area contributed by atoms with Crippen LogP contribution in [0.4, 0.5) is 0 Å². The summed E-state index contributed by atoms with van der Waals surface area (Å²) < 4.78 is 0. The van der Waals surface area contributed by atoms with E-state index in [1.54, 1.807) is 0 Å². The fraction of sp³-hybridized carbons (Fsp3) is 0.929. The summed E-state index contributed by atoms with van der Waals surface area (Å²) in [6, 6.07) is 0.0965. The minimum atomic E-state index is 0.0910. The molecule has 19 heavy (non-hydrogen) atoms. The molecule has 2 rings (SSSR count). The lowest BCUT2D eigenvalue weighted by molar-refractivity contribution is -0.137. The number of hydrogen-bond acceptors (Lipinski definition) is 4. The summed E-state index contributed by atoms with van der Waals surface area (Å²) in [4.78, 5) is 19.1. The van der Waals surface area contributed by atoms with Crippen LogP contribution in [0.2, 0.25) is 0 Å². The Labute approximate surface area is 116 Å². The normalized spacial score (nSPS) is 29.2. The van der Waals surface area contributed by atoms with Crippen LogP contribution >= 0.6 is 0 Å². The molecule has 1 saturated heterocycles. The summed E-state index contributed by atoms with van der Waals surface area (Å²) in [7, 11) is 4.20. The molecule has 1 saturated carbocycles. The molecule has 1 heterocycles. The Morgan fingerprint density at radius 3 is 2.42 bits per heavy atom. The number of carbonyl (C=O) groups excluding carboxylic acids is 1. The predicted octanol–water partition coefficient (Wildman–Crippen LogP) is -0.180. The van der Waals surface area contributed by atoms with E-state index in [2.05, 4.69) is 23.9 Å². The van der Waals surface area contributed by atoms with Crippen LogP contribution in [0.5, 0.6) is 0 Å². The highest BCUT2D eigenvalue weighted by atomic mass is 16.2. The van der Waals surface area contributed by atoms with Crippen LogP contribution in [0, 0.1) is 5.92 Å². The lowest BCUT2D eigenvalue weighted by Crippen LogP contribution is -2.52. The number of hydrogen-bond donors (Lipinski definition) is 1. The second-order valence-corrected chi connectivity index (χ2v) is 6.17. The first kappa shape index (κ1) is 14.8. The van der Waals surface area contributed by atoms with Crippen LogP contribution in [0.1, 0.15) is 19.3 Å². The van der Waals surface area contributed by atoms with Crippen LogP contribution in [0.3, 0.4) is 0 Å². The number of piperazine rings is 1. The van der Waals surface area contributed by atoms with Crippen LogP contribution in [0.15, 0.2) is 0 Å². The first-order valence-corrected chi connectivity index (χ1v) is 7.49. The third kappa shape index (κ3) is 3.91. The SMILES string of the molecule is CN(C)CCN1CCN(C(=O)C2CCCC2N)CC1. The number of rotatable bonds is 4. The van der Waals surface area contributed by atoms with Gasteiger partial charge in [0.15, 0.2) is 0 Å². The standard InChI is InChI=1S/C14H28N4O/c1-16(2)6-7-17-8-10-18(11-9-17)14(19)12-4-3-5-13(12)15/h12-13H,3-11,15H2,1-2H3. The summed E-state index contributed by atoms with van der Waals surface area (Å²) in [5, 5.41) is 0. The zero-order chi connectivity index (χ0) is 13.8. The first-order chi connectivity index (χ1) is 9.08. The van der Waals surface area contributed by atoms with E-state index >= 15 is 0 Å². The van der Waals surface area contributed by atoms with E-state index in [4.69, 9.17) is 5.73 Å². The van der Waals surface area contributed by atoms with E-state index in [0.717, 1.165) is 58.5 Å². The Bertz CT molecular complexity index is 300. The maximum atomic E-state index is 12.4. The molecule has 0 aromatic rings. The van der Waals surface area contributed by atoms with Gasteiger partial charge in [-0.2, -0.15) is 0 Å². The molecule has 2 aliphatic rings. The van der Waals surface area contributed by atoms with Crippen LogP contribution in [-0.4, -0.2) is 80.0 Å². The molecule has 110 valence electrons. The second-order valence-electron chi connectivity index (χ2n) is 6.17. The largest absolute Gasteiger partial charge is 0.340 e. The smallest absolute Gasteiger partial charge is 0.227 e. The Kier molecular flexibility index (Phi) is 5.19. The third-order valence-electron chi connectivity index (χ3n) is 4.43. The Morgan fingerprint density at radius 1 is 1.21 bits per heavy atom. The molecule has 2 atom stereocenters. The van der Waals surface area contributed by atoms with Crippen molar-refractivity contribution in [1.29, 1.82) is 0 Å². The molecule has 1 aliphatic carbocycles. The molecule has 0 aromatic carbocycles. The minimum Gasteiger partial charge on any atom is -0.340 e. The summed E-state index contributed by atoms with van der Waals surface area (Å²) >= 11 is 0. The average Bonchev–Trinajstić information content (AvgIpc) is 2.82. The van der Waals surface area contributed by atoms with Gasteiger partial charge in [0.2, 0.25) is 5.91 Å². The van der Waals surface area contributed by atoms with Crippen molar-refractivity contribution in [3.8, 4) is 0 Å². The summed E-state index contributed by atoms with van der Waals surface area (Å²) in [6.07, 6.45) is 3.11. The minimum absolute atomic E-state index is 0.0910. The number of amides is 1. The van der Waals surface area contributed by atoms with Crippen molar-refractivity contribution in [2.24, 2.45) is 11.7 Å². The van der Waals surface area contributed by atoms with Gasteiger partial charge in [0.05, 0.1) is 5.92 Å². The lowest BCUT2D eigenvalue weighted by Gasteiger charge is -2.36. The number of nitrogens with zero attached hydrogens (tertiary/aromatic N) is 3. The van der Waals surface area contributed by atoms with Gasteiger partial charge in [0, 0.05) is 45.3 Å². The molecule has 1 amide bonds. The van der Waals surface area contributed by atoms with Crippen molar-refractivity contribution in [2.45, 2.75) is 25.3 Å². The van der Waals surface area contributed by atoms with E-state index in [1.807, 2.05) is 4.90 Å². The fourth-order valence-corrected chi connectivity index (χ4v) is 3.06. The van der Waals surface area contributed by atoms with Gasteiger partial charge in [-0.15, -0.1) is 0 Å². The number of carbonyl (C=O) groups is 1. The van der Waals surface area contributed by atoms with E-state index < -0.39 is 0 Å². The fourth-order valence-electron chi connectivity index (χ4n) is 3.06. The molecule has 0 bridgehead atoms. The van der Waals surface area contributed by atoms with E-state index in [9.17, 15) is 4.79 Å². The van der Waals surface area contributed by atoms with E-state index in [1.165, 1.54) is 0 Å². The highest BCUT2D eigenvalue weighted by Crippen LogP contribution is 2.26. The van der Waals surface area contributed by atoms with Gasteiger partial charge >= 0.3 is 0 Å². The number of likely N-dealkylation sites (N-methyl/N-ethyl adjacent to an activating group) is 1. The van der Waals surface area contributed by atoms with Crippen molar-refractivity contribution in [3.63, 3.8) is 0 Å². The zero-order valence-electron chi connectivity index (χ0n) is 12.3. The van der Waals surface area contributed by atoms with Crippen molar-refractivity contribution in [1.82, 2.24) is 14.7 Å². The van der Waals surface area contributed by atoms with Crippen molar-refractivity contribution in [3.05, 3.63) is 0 Å². The van der Waals surface area contributed by atoms with Crippen LogP contribution in [0.25, 0.3) is 0 Å². The summed E-state index contributed by atoms with van der Waals surface area (Å²) in [5.74, 6) is 0.394. The quantitative estimate of drug-likeness (QED) is 0.768. The van der Waals surface area contributed by atoms with Crippen molar-refractivity contribution in [2.75, 3.05) is 53.4 Å². The molecular formula is C14H28N4O. The lowest BCUT2D eigenvalue weighted by atomic mass is 10.0. The molecule has 5 heteroatoms. The molecule has 1 aliphatic heterocycles. The zero-order valence-corrected chi connectivity index (χ0v) is 12.3. The predicted molar refractivity (Wildman–Crippen MR) is 76.9 cm³/mol. The maximum absolute atomic E-state index is 12.4. The third-order valence-corrected chi connectivity index (χ3v) is 4.43. The molecule has 2 unspecified atom stereocenters. The summed E-state index contributed by atoms with van der Waals surface area (Å²) in [5.41, 5.74) is 6.03. The molecule has 2 N–H and O–H groups in total. The van der Waals surface area contributed by atoms with Gasteiger partial charge in [0.25, 0.3) is 0 Å². The average molecular weight is 268 g/mol. The molecule has 5 nitrogen and oxygen atoms in total. The highest BCUT2D eigenvalue weighted by Gasteiger charge is 2.34. The van der Waals surface area contributed by atoms with Gasteiger partial charge < -0.3 is 15.5 Å². The molecule has 0 aromatic heterocycles. The van der Waals surface area contributed by atoms with Gasteiger partial charge in [-0.25, -0.2) is 0 Å². The molecule has 0 spiro atoms. The Hall–Kier alpha value is -0.650. The second kappa shape index (κ2) is 6.68. The Morgan fingerprint density at radius 2 is 1.89 bits per heavy atom. The van der Waals surface area contributed by atoms with Gasteiger partial charge in [-0.3, -0.25) is 9.69 Å².